The molecule has 3 aromatic rings. The lowest BCUT2D eigenvalue weighted by Crippen LogP contribution is -2.12. The highest BCUT2D eigenvalue weighted by Crippen LogP contribution is 2.21. The molecule has 0 aliphatic carbocycles. The van der Waals surface area contributed by atoms with Gasteiger partial charge in [0.05, 0.1) is 0 Å². The van der Waals surface area contributed by atoms with E-state index in [4.69, 9.17) is 10.5 Å². The Morgan fingerprint density at radius 2 is 2.00 bits per heavy atom. The van der Waals surface area contributed by atoms with Crippen molar-refractivity contribution in [2.45, 2.75) is 13.5 Å². The largest absolute Gasteiger partial charge is 0.424 e. The van der Waals surface area contributed by atoms with Gasteiger partial charge in [0, 0.05) is 29.5 Å². The molecule has 0 aliphatic rings. The van der Waals surface area contributed by atoms with Crippen LogP contribution in [0.2, 0.25) is 0 Å². The van der Waals surface area contributed by atoms with Crippen LogP contribution in [0, 0.1) is 6.92 Å². The third-order valence-corrected chi connectivity index (χ3v) is 3.92. The zero-order valence-corrected chi connectivity index (χ0v) is 14.9. The number of carbonyl (C=O) groups excluding carboxylic acids is 1. The maximum Gasteiger partial charge on any atom is 0.322 e. The van der Waals surface area contributed by atoms with E-state index < -0.39 is 0 Å². The van der Waals surface area contributed by atoms with Crippen molar-refractivity contribution in [1.82, 2.24) is 15.0 Å². The lowest BCUT2D eigenvalue weighted by Gasteiger charge is -2.06. The summed E-state index contributed by atoms with van der Waals surface area (Å²) in [6, 6.07) is 9.00. The summed E-state index contributed by atoms with van der Waals surface area (Å²) in [6.45, 7) is 2.19. The summed E-state index contributed by atoms with van der Waals surface area (Å²) in [5, 5.41) is 5.18. The van der Waals surface area contributed by atoms with E-state index in [1.807, 2.05) is 6.92 Å². The van der Waals surface area contributed by atoms with Crippen LogP contribution >= 0.6 is 23.7 Å². The van der Waals surface area contributed by atoms with E-state index in [-0.39, 0.29) is 24.3 Å². The van der Waals surface area contributed by atoms with Gasteiger partial charge < -0.3 is 15.8 Å². The minimum absolute atomic E-state index is 0. The van der Waals surface area contributed by atoms with Crippen LogP contribution in [0.3, 0.4) is 0 Å². The first kappa shape index (κ1) is 18.8. The summed E-state index contributed by atoms with van der Waals surface area (Å²) < 4.78 is 5.56. The minimum Gasteiger partial charge on any atom is -0.424 e. The van der Waals surface area contributed by atoms with E-state index >= 15 is 0 Å². The standard InChI is InChI=1S/C16H15N5O2S.ClH/c1-10-6-7-18-16(19-10)23-12-4-2-11(3-5-12)20-15(22)13-9-24-14(8-17)21-13;/h2-7,9H,8,17H2,1H3,(H,20,22);1H. The number of hydrogen-bond donors (Lipinski definition) is 2. The van der Waals surface area contributed by atoms with Gasteiger partial charge in [0.15, 0.2) is 0 Å². The molecule has 0 saturated carbocycles. The average molecular weight is 378 g/mol. The first-order valence-corrected chi connectivity index (χ1v) is 8.05. The average Bonchev–Trinajstić information content (AvgIpc) is 3.06. The normalized spacial score (nSPS) is 10.0. The van der Waals surface area contributed by atoms with Gasteiger partial charge in [-0.3, -0.25) is 4.79 Å². The molecule has 130 valence electrons. The number of rotatable bonds is 5. The number of aromatic nitrogens is 3. The Balaban J connectivity index is 0.00000225. The molecule has 1 amide bonds. The Kier molecular flexibility index (Phi) is 6.40. The number of anilines is 1. The maximum atomic E-state index is 12.1. The number of aryl methyl sites for hydroxylation is 1. The second-order valence-electron chi connectivity index (χ2n) is 4.89. The molecule has 9 heteroatoms. The molecule has 2 aromatic heterocycles. The quantitative estimate of drug-likeness (QED) is 0.707. The van der Waals surface area contributed by atoms with Gasteiger partial charge in [-0.1, -0.05) is 0 Å². The fourth-order valence-corrected chi connectivity index (χ4v) is 2.55. The van der Waals surface area contributed by atoms with Crippen LogP contribution in [0.5, 0.6) is 11.8 Å². The van der Waals surface area contributed by atoms with Gasteiger partial charge in [0.2, 0.25) is 0 Å². The molecule has 0 radical (unpaired) electrons. The topological polar surface area (TPSA) is 103 Å². The lowest BCUT2D eigenvalue weighted by atomic mass is 10.3. The number of thiazole rings is 1. The summed E-state index contributed by atoms with van der Waals surface area (Å²) in [4.78, 5) is 24.4. The summed E-state index contributed by atoms with van der Waals surface area (Å²) in [5.41, 5.74) is 7.31. The van der Waals surface area contributed by atoms with Gasteiger partial charge in [-0.2, -0.15) is 0 Å². The van der Waals surface area contributed by atoms with Gasteiger partial charge in [-0.25, -0.2) is 15.0 Å². The molecule has 0 atom stereocenters. The van der Waals surface area contributed by atoms with Crippen molar-refractivity contribution in [1.29, 1.82) is 0 Å². The summed E-state index contributed by atoms with van der Waals surface area (Å²) in [7, 11) is 0. The number of amides is 1. The highest BCUT2D eigenvalue weighted by atomic mass is 35.5. The molecule has 0 unspecified atom stereocenters. The van der Waals surface area contributed by atoms with Crippen LogP contribution in [0.15, 0.2) is 41.9 Å². The van der Waals surface area contributed by atoms with Crippen molar-refractivity contribution in [2.24, 2.45) is 5.73 Å². The number of nitrogens with one attached hydrogen (secondary N) is 1. The number of nitrogens with zero attached hydrogens (tertiary/aromatic N) is 3. The lowest BCUT2D eigenvalue weighted by molar-refractivity contribution is 0.102. The summed E-state index contributed by atoms with van der Waals surface area (Å²) in [5.74, 6) is 0.305. The predicted octanol–water partition coefficient (Wildman–Crippen LogP) is 3.17. The molecular formula is C16H16ClN5O2S. The molecule has 25 heavy (non-hydrogen) atoms. The molecule has 7 nitrogen and oxygen atoms in total. The number of benzene rings is 1. The first-order chi connectivity index (χ1) is 11.6. The molecule has 0 bridgehead atoms. The van der Waals surface area contributed by atoms with Crippen LogP contribution < -0.4 is 15.8 Å². The van der Waals surface area contributed by atoms with E-state index in [1.54, 1.807) is 41.9 Å². The zero-order chi connectivity index (χ0) is 16.9. The fourth-order valence-electron chi connectivity index (χ4n) is 1.89. The molecule has 0 aliphatic heterocycles. The zero-order valence-electron chi connectivity index (χ0n) is 13.3. The number of hydrogen-bond acceptors (Lipinski definition) is 7. The molecule has 3 rings (SSSR count). The molecule has 0 saturated heterocycles. The highest BCUT2D eigenvalue weighted by molar-refractivity contribution is 7.09. The van der Waals surface area contributed by atoms with Crippen LogP contribution in [0.1, 0.15) is 21.2 Å². The predicted molar refractivity (Wildman–Crippen MR) is 98.5 cm³/mol. The minimum atomic E-state index is -0.276. The van der Waals surface area contributed by atoms with E-state index in [2.05, 4.69) is 20.3 Å². The molecule has 1 aromatic carbocycles. The van der Waals surface area contributed by atoms with Gasteiger partial charge >= 0.3 is 6.01 Å². The summed E-state index contributed by atoms with van der Waals surface area (Å²) >= 11 is 1.36. The Morgan fingerprint density at radius 3 is 2.64 bits per heavy atom. The van der Waals surface area contributed by atoms with E-state index in [0.717, 1.165) is 10.7 Å². The Morgan fingerprint density at radius 1 is 1.24 bits per heavy atom. The highest BCUT2D eigenvalue weighted by Gasteiger charge is 2.10. The Bertz CT molecular complexity index is 854. The number of carbonyl (C=O) groups is 1. The van der Waals surface area contributed by atoms with Crippen LogP contribution in [0.25, 0.3) is 0 Å². The van der Waals surface area contributed by atoms with Crippen molar-refractivity contribution in [3.8, 4) is 11.8 Å². The molecule has 0 spiro atoms. The van der Waals surface area contributed by atoms with Crippen molar-refractivity contribution >= 4 is 35.3 Å². The number of ether oxygens (including phenoxy) is 1. The monoisotopic (exact) mass is 377 g/mol. The SMILES string of the molecule is Cc1ccnc(Oc2ccc(NC(=O)c3csc(CN)n3)cc2)n1.Cl. The smallest absolute Gasteiger partial charge is 0.322 e. The Hall–Kier alpha value is -2.55. The van der Waals surface area contributed by atoms with Crippen molar-refractivity contribution < 1.29 is 9.53 Å². The third-order valence-electron chi connectivity index (χ3n) is 3.05. The number of halogens is 1. The summed E-state index contributed by atoms with van der Waals surface area (Å²) in [6.07, 6.45) is 1.63. The number of nitrogens with two attached hydrogens (primary N) is 1. The molecular weight excluding hydrogens is 362 g/mol. The van der Waals surface area contributed by atoms with Crippen LogP contribution in [0.4, 0.5) is 5.69 Å². The van der Waals surface area contributed by atoms with Gasteiger partial charge in [-0.05, 0) is 37.3 Å². The van der Waals surface area contributed by atoms with E-state index in [9.17, 15) is 4.79 Å². The molecule has 3 N–H and O–H groups in total. The third kappa shape index (κ3) is 4.96. The first-order valence-electron chi connectivity index (χ1n) is 7.17. The second kappa shape index (κ2) is 8.52. The second-order valence-corrected chi connectivity index (χ2v) is 5.83. The van der Waals surface area contributed by atoms with Crippen LogP contribution in [-0.4, -0.2) is 20.9 Å². The molecule has 2 heterocycles. The van der Waals surface area contributed by atoms with Gasteiger partial charge in [-0.15, -0.1) is 23.7 Å². The van der Waals surface area contributed by atoms with Crippen LogP contribution in [-0.2, 0) is 6.54 Å². The fraction of sp³-hybridized carbons (Fsp3) is 0.125. The van der Waals surface area contributed by atoms with Crippen molar-refractivity contribution in [2.75, 3.05) is 5.32 Å². The van der Waals surface area contributed by atoms with E-state index in [1.165, 1.54) is 11.3 Å². The van der Waals surface area contributed by atoms with Crippen molar-refractivity contribution in [3.63, 3.8) is 0 Å². The van der Waals surface area contributed by atoms with Gasteiger partial charge in [0.1, 0.15) is 16.5 Å². The Labute approximate surface area is 154 Å². The van der Waals surface area contributed by atoms with E-state index in [0.29, 0.717) is 23.7 Å². The van der Waals surface area contributed by atoms with Crippen molar-refractivity contribution in [3.05, 3.63) is 58.3 Å². The van der Waals surface area contributed by atoms with Gasteiger partial charge in [0.25, 0.3) is 5.91 Å². The maximum absolute atomic E-state index is 12.1. The molecule has 0 fully saturated rings.